The summed E-state index contributed by atoms with van der Waals surface area (Å²) in [6.45, 7) is 0. The third-order valence-electron chi connectivity index (χ3n) is 2.67. The largest absolute Gasteiger partial charge is 0.497 e. The molecule has 4 heteroatoms. The molecular weight excluding hydrogens is 242 g/mol. The lowest BCUT2D eigenvalue weighted by atomic mass is 10.2. The fourth-order valence-corrected chi connectivity index (χ4v) is 1.74. The van der Waals surface area contributed by atoms with Crippen molar-refractivity contribution >= 4 is 11.6 Å². The molecule has 98 valence electrons. The van der Waals surface area contributed by atoms with E-state index >= 15 is 0 Å². The number of hydrogen-bond acceptors (Lipinski definition) is 3. The lowest BCUT2D eigenvalue weighted by molar-refractivity contribution is 0.0773. The Hall–Kier alpha value is -2.33. The van der Waals surface area contributed by atoms with Gasteiger partial charge in [-0.1, -0.05) is 24.3 Å². The summed E-state index contributed by atoms with van der Waals surface area (Å²) in [5, 5.41) is 1.24. The number of methoxy groups -OCH3 is 1. The highest BCUT2D eigenvalue weighted by Crippen LogP contribution is 2.19. The van der Waals surface area contributed by atoms with Crippen molar-refractivity contribution in [2.24, 2.45) is 0 Å². The number of anilines is 1. The molecular formula is C15H15NO3. The fourth-order valence-electron chi connectivity index (χ4n) is 1.74. The second kappa shape index (κ2) is 6.02. The first-order valence-corrected chi connectivity index (χ1v) is 5.84. The first-order chi connectivity index (χ1) is 9.26. The minimum Gasteiger partial charge on any atom is -0.497 e. The van der Waals surface area contributed by atoms with E-state index in [2.05, 4.69) is 0 Å². The number of rotatable bonds is 4. The first-order valence-electron chi connectivity index (χ1n) is 5.84. The molecule has 0 saturated heterocycles. The number of nitrogens with zero attached hydrogens (tertiary/aromatic N) is 1. The van der Waals surface area contributed by atoms with E-state index in [9.17, 15) is 4.79 Å². The van der Waals surface area contributed by atoms with Gasteiger partial charge in [-0.05, 0) is 30.3 Å². The van der Waals surface area contributed by atoms with Crippen LogP contribution in [0.1, 0.15) is 10.4 Å². The van der Waals surface area contributed by atoms with E-state index < -0.39 is 0 Å². The normalized spacial score (nSPS) is 10.0. The molecule has 0 aliphatic heterocycles. The number of hydrogen-bond donors (Lipinski definition) is 0. The zero-order valence-corrected chi connectivity index (χ0v) is 10.9. The Bertz CT molecular complexity index is 554. The molecule has 0 aromatic heterocycles. The molecule has 0 N–H and O–H groups in total. The van der Waals surface area contributed by atoms with Crippen LogP contribution in [0, 0.1) is 0 Å². The van der Waals surface area contributed by atoms with Gasteiger partial charge in [-0.25, -0.2) is 0 Å². The van der Waals surface area contributed by atoms with Gasteiger partial charge in [0, 0.05) is 5.56 Å². The van der Waals surface area contributed by atoms with Crippen LogP contribution in [-0.4, -0.2) is 20.1 Å². The summed E-state index contributed by atoms with van der Waals surface area (Å²) in [5.41, 5.74) is 1.18. The van der Waals surface area contributed by atoms with Crippen molar-refractivity contribution in [3.8, 4) is 5.75 Å². The fraction of sp³-hybridized carbons (Fsp3) is 0.133. The van der Waals surface area contributed by atoms with Crippen molar-refractivity contribution in [1.29, 1.82) is 0 Å². The Morgan fingerprint density at radius 1 is 1.00 bits per heavy atom. The van der Waals surface area contributed by atoms with Gasteiger partial charge in [0.2, 0.25) is 0 Å². The van der Waals surface area contributed by atoms with Gasteiger partial charge in [0.25, 0.3) is 5.91 Å². The standard InChI is InChI=1S/C15H15NO3/c1-18-14-10-6-7-12(11-14)15(17)16(19-2)13-8-4-3-5-9-13/h3-11H,1-2H3. The first kappa shape index (κ1) is 13.1. The average molecular weight is 257 g/mol. The van der Waals surface area contributed by atoms with Crippen LogP contribution < -0.4 is 9.80 Å². The van der Waals surface area contributed by atoms with Gasteiger partial charge in [-0.3, -0.25) is 9.63 Å². The second-order valence-corrected chi connectivity index (χ2v) is 3.85. The van der Waals surface area contributed by atoms with Crippen LogP contribution in [0.2, 0.25) is 0 Å². The Morgan fingerprint density at radius 2 is 1.74 bits per heavy atom. The van der Waals surface area contributed by atoms with Crippen molar-refractivity contribution in [3.63, 3.8) is 0 Å². The number of para-hydroxylation sites is 1. The SMILES string of the molecule is COc1cccc(C(=O)N(OC)c2ccccc2)c1. The van der Waals surface area contributed by atoms with Crippen LogP contribution in [0.5, 0.6) is 5.75 Å². The lowest BCUT2D eigenvalue weighted by Crippen LogP contribution is -2.29. The minimum atomic E-state index is -0.243. The number of ether oxygens (including phenoxy) is 1. The quantitative estimate of drug-likeness (QED) is 0.790. The van der Waals surface area contributed by atoms with Gasteiger partial charge < -0.3 is 4.74 Å². The Labute approximate surface area is 112 Å². The third-order valence-corrected chi connectivity index (χ3v) is 2.67. The Morgan fingerprint density at radius 3 is 2.37 bits per heavy atom. The molecule has 0 heterocycles. The molecule has 0 aliphatic rings. The predicted molar refractivity (Wildman–Crippen MR) is 73.3 cm³/mol. The second-order valence-electron chi connectivity index (χ2n) is 3.85. The number of amides is 1. The summed E-state index contributed by atoms with van der Waals surface area (Å²) in [6, 6.07) is 16.1. The molecule has 0 saturated carbocycles. The molecule has 4 nitrogen and oxygen atoms in total. The average Bonchev–Trinajstić information content (AvgIpc) is 2.49. The van der Waals surface area contributed by atoms with Gasteiger partial charge in [0.1, 0.15) is 5.75 Å². The summed E-state index contributed by atoms with van der Waals surface area (Å²) >= 11 is 0. The van der Waals surface area contributed by atoms with Crippen LogP contribution in [0.15, 0.2) is 54.6 Å². The summed E-state index contributed by atoms with van der Waals surface area (Å²) in [4.78, 5) is 17.6. The monoisotopic (exact) mass is 257 g/mol. The highest BCUT2D eigenvalue weighted by Gasteiger charge is 2.17. The summed E-state index contributed by atoms with van der Waals surface area (Å²) in [6.07, 6.45) is 0. The van der Waals surface area contributed by atoms with Gasteiger partial charge in [0.15, 0.2) is 0 Å². The van der Waals surface area contributed by atoms with Crippen LogP contribution in [0.4, 0.5) is 5.69 Å². The van der Waals surface area contributed by atoms with Crippen LogP contribution >= 0.6 is 0 Å². The van der Waals surface area contributed by atoms with Crippen molar-refractivity contribution < 1.29 is 14.4 Å². The summed E-state index contributed by atoms with van der Waals surface area (Å²) < 4.78 is 5.11. The van der Waals surface area contributed by atoms with Gasteiger partial charge in [0.05, 0.1) is 19.9 Å². The summed E-state index contributed by atoms with van der Waals surface area (Å²) in [7, 11) is 3.03. The van der Waals surface area contributed by atoms with Crippen molar-refractivity contribution in [2.75, 3.05) is 19.3 Å². The highest BCUT2D eigenvalue weighted by atomic mass is 16.7. The molecule has 0 spiro atoms. The van der Waals surface area contributed by atoms with E-state index in [-0.39, 0.29) is 5.91 Å². The molecule has 19 heavy (non-hydrogen) atoms. The van der Waals surface area contributed by atoms with Crippen molar-refractivity contribution in [1.82, 2.24) is 0 Å². The Kier molecular flexibility index (Phi) is 4.15. The van der Waals surface area contributed by atoms with Crippen LogP contribution in [-0.2, 0) is 4.84 Å². The number of benzene rings is 2. The highest BCUT2D eigenvalue weighted by molar-refractivity contribution is 6.04. The minimum absolute atomic E-state index is 0.243. The number of hydroxylamine groups is 1. The van der Waals surface area contributed by atoms with Crippen molar-refractivity contribution in [3.05, 3.63) is 60.2 Å². The van der Waals surface area contributed by atoms with Gasteiger partial charge >= 0.3 is 0 Å². The van der Waals surface area contributed by atoms with E-state index in [4.69, 9.17) is 9.57 Å². The molecule has 2 aromatic rings. The predicted octanol–water partition coefficient (Wildman–Crippen LogP) is 2.90. The molecule has 1 amide bonds. The molecule has 0 radical (unpaired) electrons. The van der Waals surface area contributed by atoms with E-state index in [1.165, 1.54) is 12.2 Å². The maximum Gasteiger partial charge on any atom is 0.282 e. The van der Waals surface area contributed by atoms with Crippen molar-refractivity contribution in [2.45, 2.75) is 0 Å². The zero-order chi connectivity index (χ0) is 13.7. The van der Waals surface area contributed by atoms with Gasteiger partial charge in [-0.2, -0.15) is 5.06 Å². The molecule has 0 atom stereocenters. The van der Waals surface area contributed by atoms with Crippen LogP contribution in [0.25, 0.3) is 0 Å². The smallest absolute Gasteiger partial charge is 0.282 e. The van der Waals surface area contributed by atoms with Gasteiger partial charge in [-0.15, -0.1) is 0 Å². The molecule has 0 bridgehead atoms. The number of carbonyl (C=O) groups is 1. The van der Waals surface area contributed by atoms with E-state index in [1.54, 1.807) is 31.4 Å². The van der Waals surface area contributed by atoms with Crippen LogP contribution in [0.3, 0.4) is 0 Å². The van der Waals surface area contributed by atoms with E-state index in [0.717, 1.165) is 0 Å². The molecule has 2 aromatic carbocycles. The summed E-state index contributed by atoms with van der Waals surface area (Å²) in [5.74, 6) is 0.391. The molecule has 0 aliphatic carbocycles. The third kappa shape index (κ3) is 2.92. The lowest BCUT2D eigenvalue weighted by Gasteiger charge is -2.19. The maximum atomic E-state index is 12.4. The van der Waals surface area contributed by atoms with E-state index in [0.29, 0.717) is 17.0 Å². The Balaban J connectivity index is 2.30. The molecule has 0 fully saturated rings. The zero-order valence-electron chi connectivity index (χ0n) is 10.9. The van der Waals surface area contributed by atoms with E-state index in [1.807, 2.05) is 30.3 Å². The maximum absolute atomic E-state index is 12.4. The topological polar surface area (TPSA) is 38.8 Å². The molecule has 2 rings (SSSR count). The number of carbonyl (C=O) groups excluding carboxylic acids is 1. The molecule has 0 unspecified atom stereocenters.